The largest absolute Gasteiger partial charge is 0.495 e. The van der Waals surface area contributed by atoms with Gasteiger partial charge in [0.15, 0.2) is 0 Å². The summed E-state index contributed by atoms with van der Waals surface area (Å²) in [7, 11) is 1.50. The predicted molar refractivity (Wildman–Crippen MR) is 114 cm³/mol. The van der Waals surface area contributed by atoms with E-state index in [1.54, 1.807) is 42.5 Å². The van der Waals surface area contributed by atoms with E-state index in [2.05, 4.69) is 5.32 Å². The van der Waals surface area contributed by atoms with Crippen molar-refractivity contribution in [3.8, 4) is 5.75 Å². The lowest BCUT2D eigenvalue weighted by molar-refractivity contribution is -0.116. The summed E-state index contributed by atoms with van der Waals surface area (Å²) in [6.07, 6.45) is 0. The maximum absolute atomic E-state index is 13.0. The summed E-state index contributed by atoms with van der Waals surface area (Å²) in [5, 5.41) is 3.48. The molecule has 1 amide bonds. The van der Waals surface area contributed by atoms with Crippen molar-refractivity contribution in [3.63, 3.8) is 0 Å². The molecule has 0 unspecified atom stereocenters. The van der Waals surface area contributed by atoms with Crippen LogP contribution in [0.3, 0.4) is 0 Å². The van der Waals surface area contributed by atoms with Gasteiger partial charge in [0.25, 0.3) is 5.56 Å². The highest BCUT2D eigenvalue weighted by atomic mass is 35.5. The van der Waals surface area contributed by atoms with E-state index < -0.39 is 11.6 Å². The smallest absolute Gasteiger partial charge is 0.331 e. The lowest BCUT2D eigenvalue weighted by Crippen LogP contribution is -2.42. The highest BCUT2D eigenvalue weighted by Crippen LogP contribution is 2.27. The van der Waals surface area contributed by atoms with E-state index >= 15 is 0 Å². The van der Waals surface area contributed by atoms with Crippen LogP contribution in [0.15, 0.2) is 52.1 Å². The van der Waals surface area contributed by atoms with Gasteiger partial charge in [0.2, 0.25) is 5.91 Å². The van der Waals surface area contributed by atoms with E-state index in [1.165, 1.54) is 16.2 Å². The summed E-state index contributed by atoms with van der Waals surface area (Å²) in [6.45, 7) is 3.89. The number of nitrogens with one attached hydrogen (secondary N) is 1. The normalized spacial score (nSPS) is 11.1. The minimum absolute atomic E-state index is 0.102. The third-order valence-electron chi connectivity index (χ3n) is 4.42. The molecule has 0 aliphatic rings. The molecule has 0 atom stereocenters. The molecule has 0 radical (unpaired) electrons. The van der Waals surface area contributed by atoms with Crippen LogP contribution in [-0.4, -0.2) is 22.2 Å². The minimum Gasteiger partial charge on any atom is -0.495 e. The summed E-state index contributed by atoms with van der Waals surface area (Å²) >= 11 is 6.09. The number of hydrogen-bond acceptors (Lipinski definition) is 4. The topological polar surface area (TPSA) is 82.3 Å². The van der Waals surface area contributed by atoms with Crippen LogP contribution in [0.5, 0.6) is 5.75 Å². The van der Waals surface area contributed by atoms with Crippen LogP contribution < -0.4 is 21.3 Å². The van der Waals surface area contributed by atoms with Gasteiger partial charge < -0.3 is 10.1 Å². The van der Waals surface area contributed by atoms with Crippen molar-refractivity contribution < 1.29 is 9.53 Å². The average molecular weight is 416 g/mol. The van der Waals surface area contributed by atoms with E-state index in [1.807, 2.05) is 13.8 Å². The predicted octanol–water partition coefficient (Wildman–Crippen LogP) is 3.12. The second kappa shape index (κ2) is 8.53. The molecule has 1 heterocycles. The Morgan fingerprint density at radius 1 is 1.14 bits per heavy atom. The first kappa shape index (κ1) is 20.7. The maximum atomic E-state index is 13.0. The molecular formula is C21H22ClN3O4. The monoisotopic (exact) mass is 415 g/mol. The van der Waals surface area contributed by atoms with Crippen molar-refractivity contribution in [2.45, 2.75) is 26.9 Å². The number of ether oxygens (including phenoxy) is 1. The molecule has 7 nitrogen and oxygen atoms in total. The third-order valence-corrected chi connectivity index (χ3v) is 4.71. The molecule has 152 valence electrons. The van der Waals surface area contributed by atoms with Gasteiger partial charge in [-0.1, -0.05) is 37.6 Å². The quantitative estimate of drug-likeness (QED) is 0.670. The van der Waals surface area contributed by atoms with Gasteiger partial charge in [0, 0.05) is 12.2 Å². The lowest BCUT2D eigenvalue weighted by atomic mass is 10.2. The number of halogens is 1. The average Bonchev–Trinajstić information content (AvgIpc) is 2.68. The SMILES string of the molecule is COc1ccc(NC(=O)Cn2c(=O)n(CC(C)C)c(=O)c3ccccc32)cc1Cl. The highest BCUT2D eigenvalue weighted by molar-refractivity contribution is 6.32. The first-order valence-corrected chi connectivity index (χ1v) is 9.55. The third kappa shape index (κ3) is 4.35. The number of methoxy groups -OCH3 is 1. The zero-order valence-electron chi connectivity index (χ0n) is 16.4. The Morgan fingerprint density at radius 3 is 2.52 bits per heavy atom. The van der Waals surface area contributed by atoms with Crippen LogP contribution in [0.25, 0.3) is 10.9 Å². The number of nitrogens with zero attached hydrogens (tertiary/aromatic N) is 2. The summed E-state index contributed by atoms with van der Waals surface area (Å²) in [5.74, 6) is 0.186. The molecular weight excluding hydrogens is 394 g/mol. The number of aromatic nitrogens is 2. The number of hydrogen-bond donors (Lipinski definition) is 1. The Kier molecular flexibility index (Phi) is 6.08. The van der Waals surface area contributed by atoms with Crippen molar-refractivity contribution in [1.29, 1.82) is 0 Å². The second-order valence-electron chi connectivity index (χ2n) is 7.09. The van der Waals surface area contributed by atoms with Crippen molar-refractivity contribution >= 4 is 34.1 Å². The van der Waals surface area contributed by atoms with E-state index in [-0.39, 0.29) is 24.6 Å². The molecule has 8 heteroatoms. The fourth-order valence-electron chi connectivity index (χ4n) is 3.14. The van der Waals surface area contributed by atoms with Crippen LogP contribution in [0.4, 0.5) is 5.69 Å². The van der Waals surface area contributed by atoms with E-state index in [0.717, 1.165) is 0 Å². The summed E-state index contributed by atoms with van der Waals surface area (Å²) in [5.41, 5.74) is 0.0438. The minimum atomic E-state index is -0.509. The molecule has 0 spiro atoms. The summed E-state index contributed by atoms with van der Waals surface area (Å²) in [6, 6.07) is 11.6. The van der Waals surface area contributed by atoms with Crippen LogP contribution in [0, 0.1) is 5.92 Å². The molecule has 0 saturated heterocycles. The summed E-state index contributed by atoms with van der Waals surface area (Å²) < 4.78 is 7.60. The second-order valence-corrected chi connectivity index (χ2v) is 7.50. The Labute approximate surface area is 172 Å². The number of amides is 1. The number of rotatable bonds is 6. The number of benzene rings is 2. The van der Waals surface area contributed by atoms with Gasteiger partial charge in [0.05, 0.1) is 23.0 Å². The van der Waals surface area contributed by atoms with Gasteiger partial charge >= 0.3 is 5.69 Å². The van der Waals surface area contributed by atoms with Crippen LogP contribution in [0.2, 0.25) is 5.02 Å². The lowest BCUT2D eigenvalue weighted by Gasteiger charge is -2.15. The van der Waals surface area contributed by atoms with Crippen LogP contribution >= 0.6 is 11.6 Å². The molecule has 0 fully saturated rings. The van der Waals surface area contributed by atoms with Gasteiger partial charge in [-0.3, -0.25) is 18.7 Å². The molecule has 3 rings (SSSR count). The van der Waals surface area contributed by atoms with Gasteiger partial charge in [0.1, 0.15) is 12.3 Å². The molecule has 0 aliphatic carbocycles. The van der Waals surface area contributed by atoms with Crippen LogP contribution in [0.1, 0.15) is 13.8 Å². The molecule has 0 aliphatic heterocycles. The Morgan fingerprint density at radius 2 is 1.86 bits per heavy atom. The molecule has 3 aromatic rings. The van der Waals surface area contributed by atoms with Gasteiger partial charge in [-0.15, -0.1) is 0 Å². The first-order valence-electron chi connectivity index (χ1n) is 9.17. The van der Waals surface area contributed by atoms with Gasteiger partial charge in [-0.25, -0.2) is 4.79 Å². The van der Waals surface area contributed by atoms with E-state index in [9.17, 15) is 14.4 Å². The number of carbonyl (C=O) groups is 1. The zero-order valence-corrected chi connectivity index (χ0v) is 17.2. The van der Waals surface area contributed by atoms with Gasteiger partial charge in [-0.05, 0) is 36.2 Å². The molecule has 0 bridgehead atoms. The van der Waals surface area contributed by atoms with E-state index in [0.29, 0.717) is 27.4 Å². The fourth-order valence-corrected chi connectivity index (χ4v) is 3.40. The number of anilines is 1. The molecule has 2 aromatic carbocycles. The standard InChI is InChI=1S/C21H22ClN3O4/c1-13(2)11-25-20(27)15-6-4-5-7-17(15)24(21(25)28)12-19(26)23-14-8-9-18(29-3)16(22)10-14/h4-10,13H,11-12H2,1-3H3,(H,23,26). The zero-order chi connectivity index (χ0) is 21.1. The molecule has 1 aromatic heterocycles. The van der Waals surface area contributed by atoms with Gasteiger partial charge in [-0.2, -0.15) is 0 Å². The Bertz CT molecular complexity index is 1180. The molecule has 1 N–H and O–H groups in total. The van der Waals surface area contributed by atoms with Crippen molar-refractivity contribution in [1.82, 2.24) is 9.13 Å². The van der Waals surface area contributed by atoms with Crippen LogP contribution in [-0.2, 0) is 17.9 Å². The summed E-state index contributed by atoms with van der Waals surface area (Å²) in [4.78, 5) is 38.3. The van der Waals surface area contributed by atoms with Crippen molar-refractivity contribution in [2.75, 3.05) is 12.4 Å². The van der Waals surface area contributed by atoms with Crippen molar-refractivity contribution in [2.24, 2.45) is 5.92 Å². The molecule has 0 saturated carbocycles. The fraction of sp³-hybridized carbons (Fsp3) is 0.286. The van der Waals surface area contributed by atoms with Crippen molar-refractivity contribution in [3.05, 3.63) is 68.3 Å². The number of para-hydroxylation sites is 1. The number of carbonyl (C=O) groups excluding carboxylic acids is 1. The van der Waals surface area contributed by atoms with E-state index in [4.69, 9.17) is 16.3 Å². The molecule has 29 heavy (non-hydrogen) atoms. The highest BCUT2D eigenvalue weighted by Gasteiger charge is 2.16. The maximum Gasteiger partial charge on any atom is 0.331 e. The first-order chi connectivity index (χ1) is 13.8. The Hall–Kier alpha value is -3.06. The number of fused-ring (bicyclic) bond motifs is 1. The Balaban J connectivity index is 1.99.